The van der Waals surface area contributed by atoms with E-state index < -0.39 is 0 Å². The molecule has 2 rings (SSSR count). The summed E-state index contributed by atoms with van der Waals surface area (Å²) in [5.74, 6) is 0.652. The number of nitrogens with one attached hydrogen (secondary N) is 1. The number of hydrogen-bond donors (Lipinski definition) is 2. The average molecular weight is 366 g/mol. The number of benzene rings is 2. The highest BCUT2D eigenvalue weighted by Gasteiger charge is 2.00. The molecule has 0 bridgehead atoms. The molecule has 0 fully saturated rings. The summed E-state index contributed by atoms with van der Waals surface area (Å²) in [4.78, 5) is 11.7. The Labute approximate surface area is 150 Å². The molecule has 0 atom stereocenters. The number of aromatic hydroxyl groups is 1. The molecule has 0 saturated carbocycles. The van der Waals surface area contributed by atoms with Crippen LogP contribution in [0.4, 0.5) is 0 Å². The first kappa shape index (κ1) is 18.2. The summed E-state index contributed by atoms with van der Waals surface area (Å²) in [7, 11) is 0. The smallest absolute Gasteiger partial charge is 0.244 e. The van der Waals surface area contributed by atoms with Crippen LogP contribution in [-0.4, -0.2) is 24.2 Å². The number of phenols is 1. The molecular weight excluding hydrogens is 349 g/mol. The zero-order valence-electron chi connectivity index (χ0n) is 12.8. The molecule has 0 aromatic heterocycles. The predicted octanol–water partition coefficient (Wildman–Crippen LogP) is 4.30. The summed E-state index contributed by atoms with van der Waals surface area (Å²) in [5, 5.41) is 12.9. The van der Waals surface area contributed by atoms with Gasteiger partial charge >= 0.3 is 0 Å². The molecule has 4 nitrogen and oxygen atoms in total. The van der Waals surface area contributed by atoms with Crippen LogP contribution >= 0.6 is 23.2 Å². The maximum Gasteiger partial charge on any atom is 0.244 e. The van der Waals surface area contributed by atoms with Gasteiger partial charge in [0.2, 0.25) is 5.91 Å². The van der Waals surface area contributed by atoms with E-state index in [1.54, 1.807) is 48.5 Å². The number of carbonyl (C=O) groups is 1. The van der Waals surface area contributed by atoms with E-state index in [9.17, 15) is 9.90 Å². The van der Waals surface area contributed by atoms with E-state index >= 15 is 0 Å². The van der Waals surface area contributed by atoms with Crippen molar-refractivity contribution < 1.29 is 14.6 Å². The Morgan fingerprint density at radius 2 is 1.88 bits per heavy atom. The van der Waals surface area contributed by atoms with Crippen molar-refractivity contribution in [3.8, 4) is 11.5 Å². The van der Waals surface area contributed by atoms with Crippen molar-refractivity contribution in [3.63, 3.8) is 0 Å². The summed E-state index contributed by atoms with van der Waals surface area (Å²) in [6.07, 6.45) is 3.80. The summed E-state index contributed by atoms with van der Waals surface area (Å²) >= 11 is 11.7. The van der Waals surface area contributed by atoms with Gasteiger partial charge in [0, 0.05) is 18.7 Å². The Hall–Kier alpha value is -2.17. The molecule has 24 heavy (non-hydrogen) atoms. The fourth-order valence-corrected chi connectivity index (χ4v) is 2.14. The van der Waals surface area contributed by atoms with Crippen molar-refractivity contribution in [2.45, 2.75) is 6.42 Å². The molecule has 126 valence electrons. The highest BCUT2D eigenvalue weighted by molar-refractivity contribution is 6.42. The van der Waals surface area contributed by atoms with Gasteiger partial charge in [0.15, 0.2) is 0 Å². The monoisotopic (exact) mass is 365 g/mol. The molecule has 0 aliphatic heterocycles. The maximum atomic E-state index is 11.7. The van der Waals surface area contributed by atoms with Crippen LogP contribution in [0.15, 0.2) is 48.5 Å². The van der Waals surface area contributed by atoms with Crippen LogP contribution in [0.3, 0.4) is 0 Å². The minimum Gasteiger partial charge on any atom is -0.508 e. The number of amides is 1. The first-order valence-corrected chi connectivity index (χ1v) is 8.13. The van der Waals surface area contributed by atoms with Gasteiger partial charge in [-0.05, 0) is 42.3 Å². The number of ether oxygens (including phenoxy) is 1. The Kier molecular flexibility index (Phi) is 6.97. The molecular formula is C18H17Cl2NO3. The molecule has 1 amide bonds. The van der Waals surface area contributed by atoms with E-state index in [0.29, 0.717) is 35.4 Å². The standard InChI is InChI=1S/C18H17Cl2NO3/c19-16-8-7-15(12-17(16)20)24-11-1-10-21-18(23)9-4-13-2-5-14(22)6-3-13/h2-9,12,22H,1,10-11H2,(H,21,23)/b9-4+. The fourth-order valence-electron chi connectivity index (χ4n) is 1.86. The van der Waals surface area contributed by atoms with E-state index in [4.69, 9.17) is 27.9 Å². The number of hydrogen-bond acceptors (Lipinski definition) is 3. The average Bonchev–Trinajstić information content (AvgIpc) is 2.57. The van der Waals surface area contributed by atoms with Gasteiger partial charge in [-0.15, -0.1) is 0 Å². The molecule has 2 aromatic rings. The molecule has 0 saturated heterocycles. The summed E-state index contributed by atoms with van der Waals surface area (Å²) in [6, 6.07) is 11.7. The highest BCUT2D eigenvalue weighted by Crippen LogP contribution is 2.26. The lowest BCUT2D eigenvalue weighted by Crippen LogP contribution is -2.23. The number of rotatable bonds is 7. The highest BCUT2D eigenvalue weighted by atomic mass is 35.5. The number of halogens is 2. The molecule has 6 heteroatoms. The van der Waals surface area contributed by atoms with Gasteiger partial charge in [0.25, 0.3) is 0 Å². The molecule has 0 aliphatic rings. The van der Waals surface area contributed by atoms with Gasteiger partial charge in [-0.3, -0.25) is 4.79 Å². The Morgan fingerprint density at radius 1 is 1.12 bits per heavy atom. The largest absolute Gasteiger partial charge is 0.508 e. The molecule has 0 heterocycles. The number of phenolic OH excluding ortho intramolecular Hbond substituents is 1. The molecule has 0 spiro atoms. The van der Waals surface area contributed by atoms with E-state index in [1.165, 1.54) is 6.08 Å². The van der Waals surface area contributed by atoms with Crippen molar-refractivity contribution in [3.05, 3.63) is 64.1 Å². The summed E-state index contributed by atoms with van der Waals surface area (Å²) in [6.45, 7) is 0.958. The van der Waals surface area contributed by atoms with E-state index in [1.807, 2.05) is 0 Å². The normalized spacial score (nSPS) is 10.8. The zero-order chi connectivity index (χ0) is 17.4. The quantitative estimate of drug-likeness (QED) is 0.568. The van der Waals surface area contributed by atoms with E-state index in [2.05, 4.69) is 5.32 Å². The predicted molar refractivity (Wildman–Crippen MR) is 96.7 cm³/mol. The van der Waals surface area contributed by atoms with Crippen LogP contribution in [0.25, 0.3) is 6.08 Å². The Bertz CT molecular complexity index is 715. The zero-order valence-corrected chi connectivity index (χ0v) is 14.3. The van der Waals surface area contributed by atoms with Gasteiger partial charge in [-0.2, -0.15) is 0 Å². The van der Waals surface area contributed by atoms with Gasteiger partial charge in [0.1, 0.15) is 11.5 Å². The molecule has 0 unspecified atom stereocenters. The molecule has 0 radical (unpaired) electrons. The van der Waals surface area contributed by atoms with Crippen LogP contribution in [0, 0.1) is 0 Å². The van der Waals surface area contributed by atoms with Crippen LogP contribution in [0.2, 0.25) is 10.0 Å². The van der Waals surface area contributed by atoms with Crippen molar-refractivity contribution in [2.24, 2.45) is 0 Å². The van der Waals surface area contributed by atoms with Gasteiger partial charge in [0.05, 0.1) is 16.7 Å². The Morgan fingerprint density at radius 3 is 2.58 bits per heavy atom. The van der Waals surface area contributed by atoms with Crippen molar-refractivity contribution in [1.29, 1.82) is 0 Å². The van der Waals surface area contributed by atoms with Gasteiger partial charge < -0.3 is 15.2 Å². The second-order valence-corrected chi connectivity index (χ2v) is 5.81. The lowest BCUT2D eigenvalue weighted by molar-refractivity contribution is -0.116. The maximum absolute atomic E-state index is 11.7. The van der Waals surface area contributed by atoms with Crippen LogP contribution in [0.5, 0.6) is 11.5 Å². The number of carbonyl (C=O) groups excluding carboxylic acids is 1. The minimum absolute atomic E-state index is 0.183. The first-order chi connectivity index (χ1) is 11.5. The third kappa shape index (κ3) is 6.14. The second kappa shape index (κ2) is 9.21. The van der Waals surface area contributed by atoms with Crippen LogP contribution < -0.4 is 10.1 Å². The van der Waals surface area contributed by atoms with Crippen LogP contribution in [-0.2, 0) is 4.79 Å². The Balaban J connectivity index is 1.65. The molecule has 0 aliphatic carbocycles. The van der Waals surface area contributed by atoms with E-state index in [-0.39, 0.29) is 11.7 Å². The summed E-state index contributed by atoms with van der Waals surface area (Å²) in [5.41, 5.74) is 0.839. The van der Waals surface area contributed by atoms with Gasteiger partial charge in [-0.1, -0.05) is 35.3 Å². The first-order valence-electron chi connectivity index (χ1n) is 7.37. The molecule has 2 N–H and O–H groups in total. The topological polar surface area (TPSA) is 58.6 Å². The molecule has 2 aromatic carbocycles. The van der Waals surface area contributed by atoms with Gasteiger partial charge in [-0.25, -0.2) is 0 Å². The third-order valence-corrected chi connectivity index (χ3v) is 3.84. The SMILES string of the molecule is O=C(/C=C/c1ccc(O)cc1)NCCCOc1ccc(Cl)c(Cl)c1. The van der Waals surface area contributed by atoms with Crippen molar-refractivity contribution in [2.75, 3.05) is 13.2 Å². The lowest BCUT2D eigenvalue weighted by Gasteiger charge is -2.07. The summed E-state index contributed by atoms with van der Waals surface area (Å²) < 4.78 is 5.53. The minimum atomic E-state index is -0.183. The van der Waals surface area contributed by atoms with E-state index in [0.717, 1.165) is 5.56 Å². The van der Waals surface area contributed by atoms with Crippen LogP contribution in [0.1, 0.15) is 12.0 Å². The van der Waals surface area contributed by atoms with Crippen molar-refractivity contribution in [1.82, 2.24) is 5.32 Å². The third-order valence-electron chi connectivity index (χ3n) is 3.10. The van der Waals surface area contributed by atoms with Crippen molar-refractivity contribution >= 4 is 35.2 Å². The fraction of sp³-hybridized carbons (Fsp3) is 0.167. The lowest BCUT2D eigenvalue weighted by atomic mass is 10.2. The second-order valence-electron chi connectivity index (χ2n) is 4.99.